The van der Waals surface area contributed by atoms with Crippen molar-refractivity contribution in [3.63, 3.8) is 0 Å². The van der Waals surface area contributed by atoms with Gasteiger partial charge in [0.05, 0.1) is 4.92 Å². The first-order valence-corrected chi connectivity index (χ1v) is 5.48. The van der Waals surface area contributed by atoms with Gasteiger partial charge in [-0.1, -0.05) is 15.9 Å². The van der Waals surface area contributed by atoms with E-state index in [1.165, 1.54) is 6.07 Å². The molecule has 1 aromatic carbocycles. The fourth-order valence-electron chi connectivity index (χ4n) is 1.27. The van der Waals surface area contributed by atoms with Crippen molar-refractivity contribution in [3.8, 4) is 12.3 Å². The lowest BCUT2D eigenvalue weighted by Gasteiger charge is -2.12. The Morgan fingerprint density at radius 2 is 2.38 bits per heavy atom. The van der Waals surface area contributed by atoms with Gasteiger partial charge >= 0.3 is 0 Å². The lowest BCUT2D eigenvalue weighted by molar-refractivity contribution is -0.384. The number of halogens is 1. The number of hydrogen-bond acceptors (Lipinski definition) is 3. The maximum atomic E-state index is 10.8. The fourth-order valence-corrected chi connectivity index (χ4v) is 1.62. The number of terminal acetylenes is 1. The van der Waals surface area contributed by atoms with Crippen molar-refractivity contribution >= 4 is 27.3 Å². The average Bonchev–Trinajstić information content (AvgIpc) is 2.20. The molecule has 0 saturated carbocycles. The van der Waals surface area contributed by atoms with Crippen molar-refractivity contribution in [1.29, 1.82) is 0 Å². The molecule has 1 atom stereocenters. The number of rotatable bonds is 4. The van der Waals surface area contributed by atoms with Gasteiger partial charge in [0, 0.05) is 23.0 Å². The van der Waals surface area contributed by atoms with E-state index in [0.717, 1.165) is 0 Å². The molecule has 0 saturated heterocycles. The highest BCUT2D eigenvalue weighted by Crippen LogP contribution is 2.28. The molecule has 0 aliphatic heterocycles. The minimum Gasteiger partial charge on any atom is -0.376 e. The van der Waals surface area contributed by atoms with Gasteiger partial charge in [0.15, 0.2) is 0 Å². The van der Waals surface area contributed by atoms with Gasteiger partial charge in [0.2, 0.25) is 0 Å². The van der Waals surface area contributed by atoms with E-state index < -0.39 is 4.92 Å². The number of benzene rings is 1. The van der Waals surface area contributed by atoms with Crippen LogP contribution in [0.5, 0.6) is 0 Å². The number of nitro benzene ring substituents is 1. The van der Waals surface area contributed by atoms with Crippen LogP contribution in [0.4, 0.5) is 11.4 Å². The maximum Gasteiger partial charge on any atom is 0.293 e. The third-order valence-electron chi connectivity index (χ3n) is 1.98. The predicted octanol–water partition coefficient (Wildman–Crippen LogP) is 3.18. The zero-order valence-electron chi connectivity index (χ0n) is 8.74. The van der Waals surface area contributed by atoms with Crippen LogP contribution >= 0.6 is 15.9 Å². The van der Waals surface area contributed by atoms with Crippen LogP contribution in [-0.2, 0) is 0 Å². The highest BCUT2D eigenvalue weighted by atomic mass is 79.9. The molecular formula is C11H11BrN2O2. The highest BCUT2D eigenvalue weighted by molar-refractivity contribution is 9.10. The van der Waals surface area contributed by atoms with Crippen LogP contribution in [0.1, 0.15) is 13.3 Å². The van der Waals surface area contributed by atoms with E-state index in [1.807, 2.05) is 6.92 Å². The monoisotopic (exact) mass is 282 g/mol. The summed E-state index contributed by atoms with van der Waals surface area (Å²) in [6.07, 6.45) is 5.69. The molecular weight excluding hydrogens is 272 g/mol. The summed E-state index contributed by atoms with van der Waals surface area (Å²) in [5.74, 6) is 2.51. The first-order valence-electron chi connectivity index (χ1n) is 4.68. The van der Waals surface area contributed by atoms with Crippen LogP contribution in [0.3, 0.4) is 0 Å². The molecule has 1 unspecified atom stereocenters. The molecule has 1 aromatic rings. The predicted molar refractivity (Wildman–Crippen MR) is 67.3 cm³/mol. The van der Waals surface area contributed by atoms with Gasteiger partial charge in [-0.2, -0.15) is 0 Å². The Morgan fingerprint density at radius 3 is 2.94 bits per heavy atom. The Morgan fingerprint density at radius 1 is 1.69 bits per heavy atom. The molecule has 0 radical (unpaired) electrons. The molecule has 1 rings (SSSR count). The molecule has 0 spiro atoms. The first kappa shape index (κ1) is 12.5. The number of hydrogen-bond donors (Lipinski definition) is 1. The molecule has 1 N–H and O–H groups in total. The third kappa shape index (κ3) is 3.24. The van der Waals surface area contributed by atoms with Gasteiger partial charge in [0.1, 0.15) is 5.69 Å². The molecule has 0 aliphatic rings. The first-order chi connectivity index (χ1) is 7.54. The van der Waals surface area contributed by atoms with E-state index in [2.05, 4.69) is 27.2 Å². The van der Waals surface area contributed by atoms with E-state index >= 15 is 0 Å². The van der Waals surface area contributed by atoms with Crippen LogP contribution in [0.2, 0.25) is 0 Å². The number of anilines is 1. The summed E-state index contributed by atoms with van der Waals surface area (Å²) in [5.41, 5.74) is 0.522. The van der Waals surface area contributed by atoms with Gasteiger partial charge in [0.25, 0.3) is 5.69 Å². The van der Waals surface area contributed by atoms with Crippen molar-refractivity contribution in [1.82, 2.24) is 0 Å². The Hall–Kier alpha value is -1.54. The molecule has 0 fully saturated rings. The largest absolute Gasteiger partial charge is 0.376 e. The molecule has 16 heavy (non-hydrogen) atoms. The smallest absolute Gasteiger partial charge is 0.293 e. The Bertz CT molecular complexity index is 440. The molecule has 0 aromatic heterocycles. The van der Waals surface area contributed by atoms with Gasteiger partial charge in [-0.15, -0.1) is 12.3 Å². The van der Waals surface area contributed by atoms with Crippen LogP contribution in [0.15, 0.2) is 22.7 Å². The van der Waals surface area contributed by atoms with Crippen LogP contribution in [-0.4, -0.2) is 11.0 Å². The summed E-state index contributed by atoms with van der Waals surface area (Å²) >= 11 is 3.20. The maximum absolute atomic E-state index is 10.8. The van der Waals surface area contributed by atoms with Crippen LogP contribution < -0.4 is 5.32 Å². The molecule has 0 bridgehead atoms. The molecule has 0 heterocycles. The normalized spacial score (nSPS) is 11.6. The number of nitrogens with zero attached hydrogens (tertiary/aromatic N) is 1. The van der Waals surface area contributed by atoms with Gasteiger partial charge in [-0.25, -0.2) is 0 Å². The van der Waals surface area contributed by atoms with Crippen molar-refractivity contribution in [2.45, 2.75) is 19.4 Å². The second-order valence-corrected chi connectivity index (χ2v) is 4.29. The lowest BCUT2D eigenvalue weighted by Crippen LogP contribution is -2.15. The average molecular weight is 283 g/mol. The Kier molecular flexibility index (Phi) is 4.32. The van der Waals surface area contributed by atoms with E-state index in [1.54, 1.807) is 12.1 Å². The quantitative estimate of drug-likeness (QED) is 0.524. The van der Waals surface area contributed by atoms with Crippen molar-refractivity contribution in [2.75, 3.05) is 5.32 Å². The zero-order valence-corrected chi connectivity index (χ0v) is 10.3. The number of nitrogens with one attached hydrogen (secondary N) is 1. The van der Waals surface area contributed by atoms with Crippen LogP contribution in [0, 0.1) is 22.5 Å². The van der Waals surface area contributed by atoms with Crippen LogP contribution in [0.25, 0.3) is 0 Å². The second-order valence-electron chi connectivity index (χ2n) is 3.37. The summed E-state index contributed by atoms with van der Waals surface area (Å²) in [5, 5.41) is 13.8. The van der Waals surface area contributed by atoms with Crippen molar-refractivity contribution < 1.29 is 4.92 Å². The minimum atomic E-state index is -0.421. The molecule has 5 heteroatoms. The number of nitro groups is 1. The Labute approximate surface area is 102 Å². The van der Waals surface area contributed by atoms with Gasteiger partial charge in [-0.3, -0.25) is 10.1 Å². The van der Waals surface area contributed by atoms with Crippen molar-refractivity contribution in [2.24, 2.45) is 0 Å². The summed E-state index contributed by atoms with van der Waals surface area (Å²) in [7, 11) is 0. The third-order valence-corrected chi connectivity index (χ3v) is 2.48. The summed E-state index contributed by atoms with van der Waals surface area (Å²) in [6, 6.07) is 4.88. The van der Waals surface area contributed by atoms with Gasteiger partial charge in [-0.05, 0) is 19.1 Å². The summed E-state index contributed by atoms with van der Waals surface area (Å²) < 4.78 is 0.675. The Balaban J connectivity index is 2.96. The van der Waals surface area contributed by atoms with E-state index in [-0.39, 0.29) is 11.7 Å². The molecule has 4 nitrogen and oxygen atoms in total. The second kappa shape index (κ2) is 5.52. The minimum absolute atomic E-state index is 0.00451. The van der Waals surface area contributed by atoms with E-state index in [4.69, 9.17) is 6.42 Å². The van der Waals surface area contributed by atoms with Gasteiger partial charge < -0.3 is 5.32 Å². The fraction of sp³-hybridized carbons (Fsp3) is 0.273. The SMILES string of the molecule is C#CCC(C)Nc1ccc(Br)cc1[N+](=O)[O-]. The summed E-state index contributed by atoms with van der Waals surface area (Å²) in [4.78, 5) is 10.4. The molecule has 0 aliphatic carbocycles. The van der Waals surface area contributed by atoms with E-state index in [9.17, 15) is 10.1 Å². The molecule has 84 valence electrons. The highest BCUT2D eigenvalue weighted by Gasteiger charge is 2.15. The standard InChI is InChI=1S/C11H11BrN2O2/c1-3-4-8(2)13-10-6-5-9(12)7-11(10)14(15)16/h1,5-8,13H,4H2,2H3. The van der Waals surface area contributed by atoms with E-state index in [0.29, 0.717) is 16.6 Å². The topological polar surface area (TPSA) is 55.2 Å². The zero-order chi connectivity index (χ0) is 12.1. The molecule has 0 amide bonds. The van der Waals surface area contributed by atoms with Crippen molar-refractivity contribution in [3.05, 3.63) is 32.8 Å². The lowest BCUT2D eigenvalue weighted by atomic mass is 10.2. The summed E-state index contributed by atoms with van der Waals surface area (Å²) in [6.45, 7) is 1.88.